The topological polar surface area (TPSA) is 196 Å². The zero-order valence-electron chi connectivity index (χ0n) is 31.4. The number of hydrogen-bond donors (Lipinski definition) is 3. The molecule has 3 atom stereocenters. The monoisotopic (exact) mass is 744 g/mol. The van der Waals surface area contributed by atoms with Crippen molar-refractivity contribution in [2.75, 3.05) is 26.9 Å². The number of Topliss-reactive ketones (excluding diaryl/α,β-unsaturated/α-hetero) is 2. The number of aliphatic hydroxyl groups is 1. The summed E-state index contributed by atoms with van der Waals surface area (Å²) >= 11 is 0. The van der Waals surface area contributed by atoms with Crippen molar-refractivity contribution >= 4 is 40.1 Å². The molecule has 1 aliphatic carbocycles. The molecule has 6 rings (SSSR count). The van der Waals surface area contributed by atoms with Gasteiger partial charge in [-0.15, -0.1) is 5.10 Å². The van der Waals surface area contributed by atoms with E-state index in [1.165, 1.54) is 11.1 Å². The second-order valence-corrected chi connectivity index (χ2v) is 15.7. The lowest BCUT2D eigenvalue weighted by atomic mass is 9.80. The Bertz CT molecular complexity index is 1870. The Balaban J connectivity index is 1.31. The van der Waals surface area contributed by atoms with Crippen LogP contribution in [-0.4, -0.2) is 92.7 Å². The summed E-state index contributed by atoms with van der Waals surface area (Å²) in [5.41, 5.74) is 3.44. The molecule has 1 saturated carbocycles. The predicted molar refractivity (Wildman–Crippen MR) is 198 cm³/mol. The van der Waals surface area contributed by atoms with Gasteiger partial charge in [-0.2, -0.15) is 0 Å². The number of nitrogens with zero attached hydrogens (tertiary/aromatic N) is 4. The van der Waals surface area contributed by atoms with Gasteiger partial charge in [0.15, 0.2) is 5.78 Å². The number of aromatic nitrogens is 3. The predicted octanol–water partition coefficient (Wildman–Crippen LogP) is 3.78. The molecule has 0 radical (unpaired) electrons. The van der Waals surface area contributed by atoms with Gasteiger partial charge in [-0.25, -0.2) is 4.68 Å². The maximum atomic E-state index is 14.9. The van der Waals surface area contributed by atoms with E-state index in [1.807, 2.05) is 30.3 Å². The SMILES string of the molecule is COc1c(C(=O)CC[C@H](CC2CCCCC2)C(=O)N2C[C@@H](n3nncc3C(C)(C)O)C[C@H]2C(=O)NC2(C(=O)C(N)=O)CCOCC2)ccc2ccccc12. The maximum absolute atomic E-state index is 14.9. The Morgan fingerprint density at radius 1 is 1.07 bits per heavy atom. The van der Waals surface area contributed by atoms with Crippen molar-refractivity contribution in [2.24, 2.45) is 17.6 Å². The molecule has 3 aliphatic rings. The molecule has 3 amide bonds. The number of nitrogens with one attached hydrogen (secondary N) is 1. The largest absolute Gasteiger partial charge is 0.495 e. The summed E-state index contributed by atoms with van der Waals surface area (Å²) in [6.45, 7) is 3.58. The molecule has 54 heavy (non-hydrogen) atoms. The van der Waals surface area contributed by atoms with Gasteiger partial charge in [-0.3, -0.25) is 24.0 Å². The van der Waals surface area contributed by atoms with Crippen molar-refractivity contribution in [1.29, 1.82) is 0 Å². The Hall–Kier alpha value is -4.69. The number of hydrogen-bond acceptors (Lipinski definition) is 10. The van der Waals surface area contributed by atoms with Crippen molar-refractivity contribution in [1.82, 2.24) is 25.2 Å². The molecular weight excluding hydrogens is 692 g/mol. The normalized spacial score (nSPS) is 21.1. The van der Waals surface area contributed by atoms with Crippen molar-refractivity contribution in [2.45, 2.75) is 108 Å². The smallest absolute Gasteiger partial charge is 0.287 e. The van der Waals surface area contributed by atoms with E-state index in [1.54, 1.807) is 31.7 Å². The summed E-state index contributed by atoms with van der Waals surface area (Å²) in [6.07, 6.45) is 7.86. The Morgan fingerprint density at radius 2 is 1.80 bits per heavy atom. The number of methoxy groups -OCH3 is 1. The van der Waals surface area contributed by atoms with E-state index in [0.717, 1.165) is 42.9 Å². The highest BCUT2D eigenvalue weighted by atomic mass is 16.5. The number of primary amides is 1. The minimum Gasteiger partial charge on any atom is -0.495 e. The number of carbonyl (C=O) groups excluding carboxylic acids is 5. The first-order valence-electron chi connectivity index (χ1n) is 19.1. The van der Waals surface area contributed by atoms with Crippen LogP contribution in [0.1, 0.15) is 107 Å². The lowest BCUT2D eigenvalue weighted by Crippen LogP contribution is -2.63. The molecule has 2 aliphatic heterocycles. The van der Waals surface area contributed by atoms with Crippen LogP contribution in [0.15, 0.2) is 42.6 Å². The van der Waals surface area contributed by atoms with Crippen LogP contribution in [-0.2, 0) is 29.5 Å². The number of ether oxygens (including phenoxy) is 2. The van der Waals surface area contributed by atoms with Crippen LogP contribution in [0.2, 0.25) is 0 Å². The van der Waals surface area contributed by atoms with Crippen LogP contribution in [0, 0.1) is 11.8 Å². The van der Waals surface area contributed by atoms with Crippen LogP contribution in [0.4, 0.5) is 0 Å². The first-order valence-corrected chi connectivity index (χ1v) is 19.1. The van der Waals surface area contributed by atoms with Gasteiger partial charge in [-0.05, 0) is 44.1 Å². The molecule has 0 spiro atoms. The van der Waals surface area contributed by atoms with Crippen LogP contribution in [0.3, 0.4) is 0 Å². The van der Waals surface area contributed by atoms with Crippen molar-refractivity contribution in [3.8, 4) is 5.75 Å². The van der Waals surface area contributed by atoms with Crippen LogP contribution in [0.25, 0.3) is 10.8 Å². The second-order valence-electron chi connectivity index (χ2n) is 15.7. The number of carbonyl (C=O) groups is 5. The van der Waals surface area contributed by atoms with E-state index in [-0.39, 0.29) is 63.6 Å². The molecule has 14 nitrogen and oxygen atoms in total. The summed E-state index contributed by atoms with van der Waals surface area (Å²) in [7, 11) is 1.54. The quantitative estimate of drug-likeness (QED) is 0.161. The van der Waals surface area contributed by atoms with Crippen molar-refractivity contribution in [3.05, 3.63) is 53.9 Å². The van der Waals surface area contributed by atoms with Gasteiger partial charge >= 0.3 is 0 Å². The van der Waals surface area contributed by atoms with Crippen LogP contribution < -0.4 is 15.8 Å². The minimum atomic E-state index is -1.56. The molecule has 3 heterocycles. The fourth-order valence-electron chi connectivity index (χ4n) is 8.64. The molecule has 4 N–H and O–H groups in total. The third-order valence-electron chi connectivity index (χ3n) is 11.6. The molecule has 3 aromatic rings. The fourth-order valence-corrected chi connectivity index (χ4v) is 8.64. The average molecular weight is 745 g/mol. The van der Waals surface area contributed by atoms with E-state index in [2.05, 4.69) is 15.6 Å². The van der Waals surface area contributed by atoms with Crippen molar-refractivity contribution < 1.29 is 38.6 Å². The first-order chi connectivity index (χ1) is 25.8. The lowest BCUT2D eigenvalue weighted by molar-refractivity contribution is -0.147. The highest BCUT2D eigenvalue weighted by Gasteiger charge is 2.49. The molecule has 14 heteroatoms. The first kappa shape index (κ1) is 39.0. The maximum Gasteiger partial charge on any atom is 0.287 e. The minimum absolute atomic E-state index is 0.0567. The highest BCUT2D eigenvalue weighted by Crippen LogP contribution is 2.38. The van der Waals surface area contributed by atoms with Crippen molar-refractivity contribution in [3.63, 3.8) is 0 Å². The van der Waals surface area contributed by atoms with Gasteiger partial charge in [0.2, 0.25) is 17.6 Å². The van der Waals surface area contributed by atoms with Crippen LogP contribution in [0.5, 0.6) is 5.75 Å². The molecular formula is C40H52N6O8. The number of likely N-dealkylation sites (tertiary alicyclic amines) is 1. The number of benzene rings is 2. The summed E-state index contributed by atoms with van der Waals surface area (Å²) < 4.78 is 12.7. The number of ketones is 2. The summed E-state index contributed by atoms with van der Waals surface area (Å²) in [4.78, 5) is 70.1. The summed E-state index contributed by atoms with van der Waals surface area (Å²) in [5.74, 6) is -2.87. The zero-order chi connectivity index (χ0) is 38.6. The third kappa shape index (κ3) is 8.19. The standard InChI is InChI=1S/C40H52N6O8/c1-39(2,52)33-23-42-44-46(33)28-22-31(37(50)43-40(35(48)36(41)49)17-19-54-20-18-40)45(24-28)38(51)27(21-25-9-5-4-6-10-25)14-16-32(47)30-15-13-26-11-7-8-12-29(26)34(30)53-3/h7-8,11-13,15,23,25,27-28,31,52H,4-6,9-10,14,16-22,24H2,1-3H3,(H2,41,49)(H,43,50)/t27-,28+,31+/m1/s1. The van der Waals surface area contributed by atoms with Gasteiger partial charge in [0, 0.05) is 56.7 Å². The molecule has 2 aromatic carbocycles. The van der Waals surface area contributed by atoms with E-state index < -0.39 is 46.7 Å². The highest BCUT2D eigenvalue weighted by molar-refractivity contribution is 6.39. The molecule has 3 fully saturated rings. The average Bonchev–Trinajstić information content (AvgIpc) is 3.85. The second kappa shape index (κ2) is 16.4. The molecule has 1 aromatic heterocycles. The van der Waals surface area contributed by atoms with Crippen LogP contribution >= 0.6 is 0 Å². The molecule has 290 valence electrons. The molecule has 2 saturated heterocycles. The third-order valence-corrected chi connectivity index (χ3v) is 11.6. The van der Waals surface area contributed by atoms with Gasteiger partial charge in [0.1, 0.15) is 22.9 Å². The summed E-state index contributed by atoms with van der Waals surface area (Å²) in [6, 6.07) is 9.76. The Labute approximate surface area is 315 Å². The lowest BCUT2D eigenvalue weighted by Gasteiger charge is -2.37. The van der Waals surface area contributed by atoms with E-state index >= 15 is 0 Å². The summed E-state index contributed by atoms with van der Waals surface area (Å²) in [5, 5.41) is 23.8. The number of amides is 3. The number of fused-ring (bicyclic) bond motifs is 1. The van der Waals surface area contributed by atoms with Gasteiger partial charge in [0.05, 0.1) is 30.6 Å². The van der Waals surface area contributed by atoms with Gasteiger partial charge in [-0.1, -0.05) is 67.6 Å². The van der Waals surface area contributed by atoms with Gasteiger partial charge < -0.3 is 30.5 Å². The Morgan fingerprint density at radius 3 is 2.48 bits per heavy atom. The van der Waals surface area contributed by atoms with Gasteiger partial charge in [0.25, 0.3) is 5.91 Å². The van der Waals surface area contributed by atoms with E-state index in [4.69, 9.17) is 15.2 Å². The molecule has 0 unspecified atom stereocenters. The molecule has 0 bridgehead atoms. The zero-order valence-corrected chi connectivity index (χ0v) is 31.4. The number of nitrogens with two attached hydrogens (primary N) is 1. The number of rotatable bonds is 14. The van der Waals surface area contributed by atoms with E-state index in [0.29, 0.717) is 29.3 Å². The fraction of sp³-hybridized carbons (Fsp3) is 0.575. The van der Waals surface area contributed by atoms with E-state index in [9.17, 15) is 29.1 Å². The Kier molecular flexibility index (Phi) is 11.8.